The number of aromatic nitrogens is 3. The Morgan fingerprint density at radius 3 is 2.67 bits per heavy atom. The fourth-order valence-electron chi connectivity index (χ4n) is 2.01. The average Bonchev–Trinajstić information content (AvgIpc) is 2.89. The van der Waals surface area contributed by atoms with Gasteiger partial charge in [0.25, 0.3) is 0 Å². The first-order valence-corrected chi connectivity index (χ1v) is 7.53. The summed E-state index contributed by atoms with van der Waals surface area (Å²) in [6, 6.07) is 0.451. The van der Waals surface area contributed by atoms with E-state index in [0.717, 1.165) is 15.9 Å². The Kier molecular flexibility index (Phi) is 4.19. The zero-order chi connectivity index (χ0) is 13.3. The first kappa shape index (κ1) is 13.7. The van der Waals surface area contributed by atoms with Crippen molar-refractivity contribution in [1.82, 2.24) is 20.1 Å². The summed E-state index contributed by atoms with van der Waals surface area (Å²) in [5.74, 6) is 0. The standard InChI is InChI=1S/C12H17BrN4S/c1-7(2)17-11(9(13)5-16-17)10(14-4)12-8(3)15-6-18-12/h5-7,10,14H,1-4H3. The van der Waals surface area contributed by atoms with Crippen LogP contribution in [0.4, 0.5) is 0 Å². The minimum atomic E-state index is 0.122. The van der Waals surface area contributed by atoms with Gasteiger partial charge in [-0.2, -0.15) is 5.10 Å². The second-order valence-electron chi connectivity index (χ2n) is 4.44. The Morgan fingerprint density at radius 1 is 1.44 bits per heavy atom. The van der Waals surface area contributed by atoms with Crippen LogP contribution in [-0.4, -0.2) is 21.8 Å². The molecule has 0 bridgehead atoms. The Balaban J connectivity index is 2.52. The third kappa shape index (κ3) is 2.37. The fourth-order valence-corrected chi connectivity index (χ4v) is 3.43. The fraction of sp³-hybridized carbons (Fsp3) is 0.500. The topological polar surface area (TPSA) is 42.7 Å². The van der Waals surface area contributed by atoms with Gasteiger partial charge >= 0.3 is 0 Å². The highest BCUT2D eigenvalue weighted by atomic mass is 79.9. The summed E-state index contributed by atoms with van der Waals surface area (Å²) in [5, 5.41) is 7.80. The first-order valence-electron chi connectivity index (χ1n) is 5.86. The monoisotopic (exact) mass is 328 g/mol. The highest BCUT2D eigenvalue weighted by Gasteiger charge is 2.24. The van der Waals surface area contributed by atoms with Crippen LogP contribution in [0.25, 0.3) is 0 Å². The van der Waals surface area contributed by atoms with Crippen molar-refractivity contribution in [2.24, 2.45) is 0 Å². The molecule has 98 valence electrons. The molecule has 0 saturated heterocycles. The van der Waals surface area contributed by atoms with Crippen molar-refractivity contribution in [2.75, 3.05) is 7.05 Å². The molecule has 6 heteroatoms. The van der Waals surface area contributed by atoms with Crippen molar-refractivity contribution in [3.63, 3.8) is 0 Å². The highest BCUT2D eigenvalue weighted by molar-refractivity contribution is 9.10. The predicted octanol–water partition coefficient (Wildman–Crippen LogP) is 3.30. The van der Waals surface area contributed by atoms with Crippen LogP contribution >= 0.6 is 27.3 Å². The number of rotatable bonds is 4. The lowest BCUT2D eigenvalue weighted by Gasteiger charge is -2.20. The summed E-state index contributed by atoms with van der Waals surface area (Å²) >= 11 is 5.27. The number of halogens is 1. The van der Waals surface area contributed by atoms with E-state index in [-0.39, 0.29) is 6.04 Å². The van der Waals surface area contributed by atoms with Crippen LogP contribution in [0.3, 0.4) is 0 Å². The van der Waals surface area contributed by atoms with Gasteiger partial charge in [-0.1, -0.05) is 0 Å². The predicted molar refractivity (Wildman–Crippen MR) is 78.1 cm³/mol. The molecule has 0 aliphatic rings. The maximum absolute atomic E-state index is 4.44. The molecule has 2 heterocycles. The Morgan fingerprint density at radius 2 is 2.17 bits per heavy atom. The molecule has 0 aliphatic carbocycles. The molecule has 1 atom stereocenters. The molecule has 0 amide bonds. The summed E-state index contributed by atoms with van der Waals surface area (Å²) < 4.78 is 3.08. The minimum Gasteiger partial charge on any atom is -0.307 e. The molecule has 2 aromatic rings. The van der Waals surface area contributed by atoms with Gasteiger partial charge in [0.2, 0.25) is 0 Å². The summed E-state index contributed by atoms with van der Waals surface area (Å²) in [4.78, 5) is 5.57. The lowest BCUT2D eigenvalue weighted by atomic mass is 10.1. The summed E-state index contributed by atoms with van der Waals surface area (Å²) in [5.41, 5.74) is 4.11. The molecule has 1 unspecified atom stereocenters. The Hall–Kier alpha value is -0.720. The van der Waals surface area contributed by atoms with Gasteiger partial charge in [-0.25, -0.2) is 4.98 Å². The number of nitrogens with zero attached hydrogens (tertiary/aromatic N) is 3. The van der Waals surface area contributed by atoms with E-state index in [1.165, 1.54) is 4.88 Å². The molecule has 0 fully saturated rings. The largest absolute Gasteiger partial charge is 0.307 e. The van der Waals surface area contributed by atoms with Gasteiger partial charge < -0.3 is 5.32 Å². The third-order valence-corrected chi connectivity index (χ3v) is 4.49. The molecule has 18 heavy (non-hydrogen) atoms. The summed E-state index contributed by atoms with van der Waals surface area (Å²) in [6.07, 6.45) is 1.86. The zero-order valence-corrected chi connectivity index (χ0v) is 13.3. The van der Waals surface area contributed by atoms with Crippen LogP contribution in [0.1, 0.15) is 42.2 Å². The van der Waals surface area contributed by atoms with Crippen LogP contribution in [0, 0.1) is 6.92 Å². The van der Waals surface area contributed by atoms with Crippen LogP contribution in [0.5, 0.6) is 0 Å². The van der Waals surface area contributed by atoms with Gasteiger partial charge in [0.15, 0.2) is 0 Å². The van der Waals surface area contributed by atoms with E-state index in [9.17, 15) is 0 Å². The van der Waals surface area contributed by atoms with Crippen LogP contribution in [-0.2, 0) is 0 Å². The smallest absolute Gasteiger partial charge is 0.0870 e. The SMILES string of the molecule is CNC(c1scnc1C)c1c(Br)cnn1C(C)C. The lowest BCUT2D eigenvalue weighted by Crippen LogP contribution is -2.22. The number of hydrogen-bond donors (Lipinski definition) is 1. The lowest BCUT2D eigenvalue weighted by molar-refractivity contribution is 0.484. The zero-order valence-electron chi connectivity index (χ0n) is 10.9. The van der Waals surface area contributed by atoms with Gasteiger partial charge in [-0.3, -0.25) is 4.68 Å². The van der Waals surface area contributed by atoms with Gasteiger partial charge in [0, 0.05) is 6.04 Å². The minimum absolute atomic E-state index is 0.122. The van der Waals surface area contributed by atoms with Crippen LogP contribution in [0.2, 0.25) is 0 Å². The number of aryl methyl sites for hydroxylation is 1. The molecule has 0 aromatic carbocycles. The van der Waals surface area contributed by atoms with Gasteiger partial charge in [0.1, 0.15) is 0 Å². The van der Waals surface area contributed by atoms with E-state index in [1.807, 2.05) is 30.4 Å². The van der Waals surface area contributed by atoms with Crippen molar-refractivity contribution in [1.29, 1.82) is 0 Å². The van der Waals surface area contributed by atoms with Crippen molar-refractivity contribution in [3.8, 4) is 0 Å². The van der Waals surface area contributed by atoms with Crippen LogP contribution in [0.15, 0.2) is 16.2 Å². The van der Waals surface area contributed by atoms with Crippen molar-refractivity contribution in [3.05, 3.63) is 32.4 Å². The molecule has 1 N–H and O–H groups in total. The third-order valence-electron chi connectivity index (χ3n) is 2.88. The summed E-state index contributed by atoms with van der Waals surface area (Å²) in [6.45, 7) is 6.31. The van der Waals surface area contributed by atoms with Crippen molar-refractivity contribution < 1.29 is 0 Å². The molecule has 2 rings (SSSR count). The molecule has 2 aromatic heterocycles. The normalized spacial score (nSPS) is 13.2. The van der Waals surface area contributed by atoms with Gasteiger partial charge in [-0.15, -0.1) is 11.3 Å². The quantitative estimate of drug-likeness (QED) is 0.936. The molecular weight excluding hydrogens is 312 g/mol. The van der Waals surface area contributed by atoms with E-state index in [1.54, 1.807) is 11.3 Å². The van der Waals surface area contributed by atoms with E-state index in [2.05, 4.69) is 45.2 Å². The Bertz CT molecular complexity index is 532. The molecule has 4 nitrogen and oxygen atoms in total. The van der Waals surface area contributed by atoms with E-state index in [4.69, 9.17) is 0 Å². The van der Waals surface area contributed by atoms with E-state index >= 15 is 0 Å². The van der Waals surface area contributed by atoms with Gasteiger partial charge in [-0.05, 0) is 43.7 Å². The second kappa shape index (κ2) is 5.50. The Labute approximate surface area is 120 Å². The second-order valence-corrected chi connectivity index (χ2v) is 6.18. The highest BCUT2D eigenvalue weighted by Crippen LogP contribution is 2.33. The van der Waals surface area contributed by atoms with E-state index < -0.39 is 0 Å². The maximum atomic E-state index is 4.44. The molecule has 0 aliphatic heterocycles. The average molecular weight is 329 g/mol. The summed E-state index contributed by atoms with van der Waals surface area (Å²) in [7, 11) is 1.97. The van der Waals surface area contributed by atoms with Crippen molar-refractivity contribution >= 4 is 27.3 Å². The first-order chi connectivity index (χ1) is 8.56. The van der Waals surface area contributed by atoms with Crippen molar-refractivity contribution in [2.45, 2.75) is 32.9 Å². The van der Waals surface area contributed by atoms with E-state index in [0.29, 0.717) is 6.04 Å². The molecule has 0 saturated carbocycles. The number of thiazole rings is 1. The molecule has 0 radical (unpaired) electrons. The number of hydrogen-bond acceptors (Lipinski definition) is 4. The van der Waals surface area contributed by atoms with Crippen LogP contribution < -0.4 is 5.32 Å². The molecular formula is C12H17BrN4S. The number of nitrogens with one attached hydrogen (secondary N) is 1. The molecule has 0 spiro atoms. The maximum Gasteiger partial charge on any atom is 0.0870 e. The van der Waals surface area contributed by atoms with Gasteiger partial charge in [0.05, 0.1) is 38.5 Å².